The summed E-state index contributed by atoms with van der Waals surface area (Å²) in [7, 11) is 0. The summed E-state index contributed by atoms with van der Waals surface area (Å²) in [6, 6.07) is 13.4. The van der Waals surface area contributed by atoms with Gasteiger partial charge in [-0.1, -0.05) is 59.7 Å². The second-order valence-electron chi connectivity index (χ2n) is 14.3. The van der Waals surface area contributed by atoms with Gasteiger partial charge in [-0.3, -0.25) is 4.79 Å². The molecule has 3 nitrogen and oxygen atoms in total. The van der Waals surface area contributed by atoms with Crippen molar-refractivity contribution in [2.75, 3.05) is 0 Å². The van der Waals surface area contributed by atoms with Gasteiger partial charge in [-0.25, -0.2) is 0 Å². The zero-order chi connectivity index (χ0) is 30.3. The molecule has 0 aliphatic heterocycles. The van der Waals surface area contributed by atoms with Gasteiger partial charge in [0.2, 0.25) is 0 Å². The normalized spacial score (nSPS) is 14.3. The van der Waals surface area contributed by atoms with E-state index in [9.17, 15) is 18.0 Å². The van der Waals surface area contributed by atoms with E-state index in [0.29, 0.717) is 11.3 Å². The fraction of sp³-hybridized carbons (Fsp3) is 0.545. The molecule has 0 bridgehead atoms. The number of hydrogen-bond acceptors (Lipinski definition) is 4. The largest absolute Gasteiger partial charge is 0.488 e. The first-order valence-corrected chi connectivity index (χ1v) is 14.5. The first kappa shape index (κ1) is 32.0. The highest BCUT2D eigenvalue weighted by Gasteiger charge is 2.41. The molecule has 0 aliphatic carbocycles. The van der Waals surface area contributed by atoms with Crippen LogP contribution in [0.5, 0.6) is 5.75 Å². The van der Waals surface area contributed by atoms with Gasteiger partial charge in [0.05, 0.1) is 11.5 Å². The van der Waals surface area contributed by atoms with Crippen molar-refractivity contribution in [3.8, 4) is 16.2 Å². The Morgan fingerprint density at radius 2 is 1.48 bits per heavy atom. The maximum atomic E-state index is 14.2. The molecule has 1 atom stereocenters. The lowest BCUT2D eigenvalue weighted by Gasteiger charge is -2.39. The molecule has 7 heteroatoms. The number of rotatable bonds is 8. The second-order valence-corrected chi connectivity index (χ2v) is 15.3. The van der Waals surface area contributed by atoms with Crippen molar-refractivity contribution in [1.29, 1.82) is 0 Å². The Hall–Kier alpha value is -2.54. The Labute approximate surface area is 241 Å². The number of carbonyl (C=O) groups is 1. The van der Waals surface area contributed by atoms with Gasteiger partial charge < -0.3 is 9.47 Å². The van der Waals surface area contributed by atoms with E-state index < -0.39 is 22.9 Å². The molecular weight excluding hydrogens is 533 g/mol. The summed E-state index contributed by atoms with van der Waals surface area (Å²) >= 11 is 1.33. The first-order chi connectivity index (χ1) is 18.1. The van der Waals surface area contributed by atoms with E-state index in [1.807, 2.05) is 58.9 Å². The molecule has 0 N–H and O–H groups in total. The molecule has 0 saturated carbocycles. The standard InChI is InChI=1S/C33H43F3O3S/c1-29(2,3)19-25(30(4,5)6)28(37)39-32(9,10)20-31(7,8)38-22-15-16-23(24(18-22)33(34,35)36)27-17-21-13-11-12-14-26(21)40-27/h11-18,25H,19-20H2,1-10H3. The minimum absolute atomic E-state index is 0.0539. The van der Waals surface area contributed by atoms with Crippen LogP contribution >= 0.6 is 11.3 Å². The third kappa shape index (κ3) is 8.48. The fourth-order valence-corrected chi connectivity index (χ4v) is 6.37. The van der Waals surface area contributed by atoms with Crippen molar-refractivity contribution in [3.05, 3.63) is 54.1 Å². The molecule has 0 saturated heterocycles. The third-order valence-corrected chi connectivity index (χ3v) is 7.91. The zero-order valence-electron chi connectivity index (χ0n) is 25.4. The highest BCUT2D eigenvalue weighted by molar-refractivity contribution is 7.22. The van der Waals surface area contributed by atoms with E-state index >= 15 is 0 Å². The van der Waals surface area contributed by atoms with Gasteiger partial charge >= 0.3 is 12.1 Å². The molecule has 0 spiro atoms. The van der Waals surface area contributed by atoms with Gasteiger partial charge in [0.15, 0.2) is 0 Å². The van der Waals surface area contributed by atoms with Crippen molar-refractivity contribution in [2.24, 2.45) is 16.7 Å². The Morgan fingerprint density at radius 3 is 2.02 bits per heavy atom. The maximum absolute atomic E-state index is 14.2. The number of ether oxygens (including phenoxy) is 2. The van der Waals surface area contributed by atoms with Crippen molar-refractivity contribution in [3.63, 3.8) is 0 Å². The van der Waals surface area contributed by atoms with Crippen molar-refractivity contribution in [1.82, 2.24) is 0 Å². The molecule has 40 heavy (non-hydrogen) atoms. The number of fused-ring (bicyclic) bond motifs is 1. The van der Waals surface area contributed by atoms with E-state index in [1.54, 1.807) is 26.0 Å². The molecule has 1 aromatic heterocycles. The summed E-state index contributed by atoms with van der Waals surface area (Å²) in [4.78, 5) is 13.9. The van der Waals surface area contributed by atoms with E-state index in [0.717, 1.165) is 16.2 Å². The zero-order valence-corrected chi connectivity index (χ0v) is 26.2. The van der Waals surface area contributed by atoms with Crippen LogP contribution in [-0.4, -0.2) is 17.2 Å². The van der Waals surface area contributed by atoms with Crippen LogP contribution < -0.4 is 4.74 Å². The third-order valence-electron chi connectivity index (χ3n) is 6.76. The quantitative estimate of drug-likeness (QED) is 0.250. The molecule has 3 rings (SSSR count). The van der Waals surface area contributed by atoms with E-state index in [1.165, 1.54) is 17.4 Å². The molecule has 0 aliphatic rings. The van der Waals surface area contributed by atoms with Crippen LogP contribution in [0, 0.1) is 16.7 Å². The molecule has 3 aromatic rings. The van der Waals surface area contributed by atoms with Crippen LogP contribution in [0.3, 0.4) is 0 Å². The molecule has 0 fully saturated rings. The van der Waals surface area contributed by atoms with E-state index in [4.69, 9.17) is 9.47 Å². The van der Waals surface area contributed by atoms with Crippen LogP contribution in [0.25, 0.3) is 20.5 Å². The number of halogens is 3. The summed E-state index contributed by atoms with van der Waals surface area (Å²) in [6.45, 7) is 19.6. The molecule has 0 radical (unpaired) electrons. The summed E-state index contributed by atoms with van der Waals surface area (Å²) < 4.78 is 55.7. The maximum Gasteiger partial charge on any atom is 0.417 e. The van der Waals surface area contributed by atoms with Crippen LogP contribution in [0.4, 0.5) is 13.2 Å². The molecule has 220 valence electrons. The lowest BCUT2D eigenvalue weighted by Crippen LogP contribution is -2.43. The minimum Gasteiger partial charge on any atom is -0.488 e. The molecular formula is C33H43F3O3S. The average Bonchev–Trinajstić information content (AvgIpc) is 3.18. The van der Waals surface area contributed by atoms with Crippen molar-refractivity contribution in [2.45, 2.75) is 99.5 Å². The number of esters is 1. The number of thiophene rings is 1. The Morgan fingerprint density at radius 1 is 0.850 bits per heavy atom. The van der Waals surface area contributed by atoms with Gasteiger partial charge in [-0.15, -0.1) is 11.3 Å². The Balaban J connectivity index is 1.82. The predicted octanol–water partition coefficient (Wildman–Crippen LogP) is 10.6. The smallest absolute Gasteiger partial charge is 0.417 e. The van der Waals surface area contributed by atoms with E-state index in [2.05, 4.69) is 20.8 Å². The van der Waals surface area contributed by atoms with Crippen LogP contribution in [-0.2, 0) is 15.7 Å². The van der Waals surface area contributed by atoms with Gasteiger partial charge in [0, 0.05) is 21.6 Å². The number of carbonyl (C=O) groups excluding carboxylic acids is 1. The molecule has 2 aromatic carbocycles. The van der Waals surface area contributed by atoms with Gasteiger partial charge in [-0.2, -0.15) is 13.2 Å². The topological polar surface area (TPSA) is 35.5 Å². The average molecular weight is 577 g/mol. The molecule has 0 amide bonds. The lowest BCUT2D eigenvalue weighted by atomic mass is 9.72. The summed E-state index contributed by atoms with van der Waals surface area (Å²) in [6.07, 6.45) is -3.59. The number of benzene rings is 2. The van der Waals surface area contributed by atoms with Crippen LogP contribution in [0.1, 0.15) is 87.6 Å². The van der Waals surface area contributed by atoms with E-state index in [-0.39, 0.29) is 40.5 Å². The van der Waals surface area contributed by atoms with Gasteiger partial charge in [0.25, 0.3) is 0 Å². The second kappa shape index (κ2) is 11.0. The predicted molar refractivity (Wildman–Crippen MR) is 159 cm³/mol. The molecule has 1 unspecified atom stereocenters. The minimum atomic E-state index is -4.56. The Kier molecular flexibility index (Phi) is 8.82. The van der Waals surface area contributed by atoms with Crippen LogP contribution in [0.2, 0.25) is 0 Å². The SMILES string of the molecule is CC(C)(C)CC(C(=O)OC(C)(C)CC(C)(C)Oc1ccc(-c2cc3ccccc3s2)c(C(F)(F)F)c1)C(C)(C)C. The molecule has 1 heterocycles. The first-order valence-electron chi connectivity index (χ1n) is 13.7. The summed E-state index contributed by atoms with van der Waals surface area (Å²) in [5.41, 5.74) is -2.76. The monoisotopic (exact) mass is 576 g/mol. The highest BCUT2D eigenvalue weighted by Crippen LogP contribution is 2.44. The van der Waals surface area contributed by atoms with Gasteiger partial charge in [0.1, 0.15) is 17.0 Å². The Bertz CT molecular complexity index is 1300. The van der Waals surface area contributed by atoms with Gasteiger partial charge in [-0.05, 0) is 80.7 Å². The van der Waals surface area contributed by atoms with Crippen molar-refractivity contribution < 1.29 is 27.4 Å². The number of hydrogen-bond donors (Lipinski definition) is 0. The number of alkyl halides is 3. The summed E-state index contributed by atoms with van der Waals surface area (Å²) in [5.74, 6) is -0.452. The fourth-order valence-electron chi connectivity index (χ4n) is 5.27. The van der Waals surface area contributed by atoms with Crippen LogP contribution in [0.15, 0.2) is 48.5 Å². The lowest BCUT2D eigenvalue weighted by molar-refractivity contribution is -0.171. The highest BCUT2D eigenvalue weighted by atomic mass is 32.1. The summed E-state index contributed by atoms with van der Waals surface area (Å²) in [5, 5.41) is 0.907. The van der Waals surface area contributed by atoms with Crippen molar-refractivity contribution >= 4 is 27.4 Å².